The lowest BCUT2D eigenvalue weighted by atomic mass is 10.1. The van der Waals surface area contributed by atoms with Crippen molar-refractivity contribution < 1.29 is 22.3 Å². The summed E-state index contributed by atoms with van der Waals surface area (Å²) in [6.07, 6.45) is 0.656. The van der Waals surface area contributed by atoms with Gasteiger partial charge >= 0.3 is 0 Å². The molecule has 0 bridgehead atoms. The normalized spacial score (nSPS) is 18.0. The quantitative estimate of drug-likeness (QED) is 0.847. The molecule has 0 saturated carbocycles. The van der Waals surface area contributed by atoms with Crippen molar-refractivity contribution in [2.24, 2.45) is 5.92 Å². The molecule has 8 heteroatoms. The molecule has 1 saturated heterocycles. The van der Waals surface area contributed by atoms with Gasteiger partial charge in [0.1, 0.15) is 11.6 Å². The van der Waals surface area contributed by atoms with Crippen LogP contribution in [0.15, 0.2) is 30.2 Å². The van der Waals surface area contributed by atoms with Crippen LogP contribution in [0.4, 0.5) is 4.39 Å². The zero-order valence-corrected chi connectivity index (χ0v) is 13.6. The van der Waals surface area contributed by atoms with Crippen LogP contribution in [-0.4, -0.2) is 46.0 Å². The number of nitrogens with one attached hydrogen (secondary N) is 1. The van der Waals surface area contributed by atoms with Crippen molar-refractivity contribution >= 4 is 15.9 Å². The molecule has 0 spiro atoms. The minimum Gasteiger partial charge on any atom is -0.497 e. The summed E-state index contributed by atoms with van der Waals surface area (Å²) < 4.78 is 43.9. The predicted molar refractivity (Wildman–Crippen MR) is 84.1 cm³/mol. The Morgan fingerprint density at radius 3 is 2.91 bits per heavy atom. The van der Waals surface area contributed by atoms with Crippen LogP contribution < -0.4 is 9.46 Å². The number of sulfonamides is 1. The van der Waals surface area contributed by atoms with E-state index in [1.807, 2.05) is 0 Å². The monoisotopic (exact) mass is 342 g/mol. The zero-order chi connectivity index (χ0) is 17.0. The van der Waals surface area contributed by atoms with Gasteiger partial charge in [0.15, 0.2) is 0 Å². The fourth-order valence-electron chi connectivity index (χ4n) is 2.44. The molecule has 1 amide bonds. The van der Waals surface area contributed by atoms with Crippen molar-refractivity contribution in [2.45, 2.75) is 6.42 Å². The number of nitrogens with zero attached hydrogens (tertiary/aromatic N) is 1. The van der Waals surface area contributed by atoms with Crippen molar-refractivity contribution in [3.05, 3.63) is 41.6 Å². The van der Waals surface area contributed by atoms with Crippen LogP contribution >= 0.6 is 0 Å². The number of halogens is 1. The fraction of sp³-hybridized carbons (Fsp3) is 0.400. The third-order valence-electron chi connectivity index (χ3n) is 3.77. The van der Waals surface area contributed by atoms with Crippen LogP contribution in [-0.2, 0) is 10.0 Å². The first-order valence-corrected chi connectivity index (χ1v) is 8.66. The average molecular weight is 342 g/mol. The van der Waals surface area contributed by atoms with Crippen LogP contribution in [0.2, 0.25) is 0 Å². The number of hydrogen-bond acceptors (Lipinski definition) is 4. The molecular weight excluding hydrogens is 323 g/mol. The highest BCUT2D eigenvalue weighted by Gasteiger charge is 2.28. The van der Waals surface area contributed by atoms with Gasteiger partial charge in [-0.2, -0.15) is 0 Å². The molecule has 2 rings (SSSR count). The first kappa shape index (κ1) is 17.4. The van der Waals surface area contributed by atoms with Gasteiger partial charge in [-0.3, -0.25) is 4.79 Å². The number of methoxy groups -OCH3 is 1. The molecule has 1 aliphatic heterocycles. The molecular formula is C15H19FN2O4S. The second kappa shape index (κ2) is 7.10. The van der Waals surface area contributed by atoms with E-state index in [1.165, 1.54) is 30.2 Å². The summed E-state index contributed by atoms with van der Waals surface area (Å²) in [7, 11) is -2.05. The predicted octanol–water partition coefficient (Wildman–Crippen LogP) is 1.36. The molecule has 6 nitrogen and oxygen atoms in total. The molecule has 1 atom stereocenters. The lowest BCUT2D eigenvalue weighted by Crippen LogP contribution is -2.32. The minimum absolute atomic E-state index is 0.00464. The number of likely N-dealkylation sites (tertiary alicyclic amines) is 1. The van der Waals surface area contributed by atoms with E-state index in [-0.39, 0.29) is 18.0 Å². The van der Waals surface area contributed by atoms with Crippen LogP contribution in [0.3, 0.4) is 0 Å². The third kappa shape index (κ3) is 4.29. The van der Waals surface area contributed by atoms with Gasteiger partial charge in [0.05, 0.1) is 12.7 Å². The molecule has 1 fully saturated rings. The Kier molecular flexibility index (Phi) is 5.38. The molecule has 1 aliphatic rings. The molecule has 0 unspecified atom stereocenters. The molecule has 1 heterocycles. The van der Waals surface area contributed by atoms with Gasteiger partial charge in [0, 0.05) is 31.1 Å². The molecule has 1 aromatic rings. The maximum Gasteiger partial charge on any atom is 0.256 e. The van der Waals surface area contributed by atoms with E-state index in [1.54, 1.807) is 0 Å². The summed E-state index contributed by atoms with van der Waals surface area (Å²) in [5.74, 6) is -0.698. The molecule has 0 radical (unpaired) electrons. The number of carbonyl (C=O) groups is 1. The highest BCUT2D eigenvalue weighted by Crippen LogP contribution is 2.22. The lowest BCUT2D eigenvalue weighted by molar-refractivity contribution is 0.0783. The van der Waals surface area contributed by atoms with Crippen molar-refractivity contribution in [3.8, 4) is 5.75 Å². The van der Waals surface area contributed by atoms with Crippen LogP contribution in [0.25, 0.3) is 0 Å². The molecule has 1 N–H and O–H groups in total. The average Bonchev–Trinajstić information content (AvgIpc) is 3.01. The first-order chi connectivity index (χ1) is 10.9. The highest BCUT2D eigenvalue weighted by molar-refractivity contribution is 7.92. The smallest absolute Gasteiger partial charge is 0.256 e. The van der Waals surface area contributed by atoms with Crippen molar-refractivity contribution in [1.29, 1.82) is 0 Å². The van der Waals surface area contributed by atoms with Gasteiger partial charge in [0.2, 0.25) is 10.0 Å². The summed E-state index contributed by atoms with van der Waals surface area (Å²) >= 11 is 0. The Hall–Kier alpha value is -1.93. The van der Waals surface area contributed by atoms with Crippen LogP contribution in [0.5, 0.6) is 5.75 Å². The van der Waals surface area contributed by atoms with E-state index >= 15 is 0 Å². The van der Waals surface area contributed by atoms with Gasteiger partial charge in [-0.25, -0.2) is 17.5 Å². The summed E-state index contributed by atoms with van der Waals surface area (Å²) in [6.45, 7) is 4.28. The lowest BCUT2D eigenvalue weighted by Gasteiger charge is -2.17. The number of rotatable bonds is 6. The zero-order valence-electron chi connectivity index (χ0n) is 12.8. The van der Waals surface area contributed by atoms with Gasteiger partial charge < -0.3 is 9.64 Å². The van der Waals surface area contributed by atoms with Crippen LogP contribution in [0, 0.1) is 11.7 Å². The van der Waals surface area contributed by atoms with E-state index in [0.717, 1.165) is 5.41 Å². The minimum atomic E-state index is -3.47. The third-order valence-corrected chi connectivity index (χ3v) is 4.78. The Bertz CT molecular complexity index is 705. The molecule has 0 aliphatic carbocycles. The molecule has 0 aromatic heterocycles. The maximum absolute atomic E-state index is 14.0. The first-order valence-electron chi connectivity index (χ1n) is 7.11. The van der Waals surface area contributed by atoms with Crippen molar-refractivity contribution in [1.82, 2.24) is 9.62 Å². The van der Waals surface area contributed by atoms with E-state index in [4.69, 9.17) is 4.74 Å². The Labute approximate surface area is 135 Å². The van der Waals surface area contributed by atoms with Gasteiger partial charge in [-0.05, 0) is 24.5 Å². The fourth-order valence-corrected chi connectivity index (χ4v) is 3.03. The number of amides is 1. The highest BCUT2D eigenvalue weighted by atomic mass is 32.2. The SMILES string of the molecule is C=CS(=O)(=O)NC[C@H]1CCN(C(=O)c2ccc(OC)cc2F)C1. The van der Waals surface area contributed by atoms with Gasteiger partial charge in [0.25, 0.3) is 5.91 Å². The Morgan fingerprint density at radius 1 is 1.57 bits per heavy atom. The van der Waals surface area contributed by atoms with Crippen molar-refractivity contribution in [3.63, 3.8) is 0 Å². The standard InChI is InChI=1S/C15H19FN2O4S/c1-3-23(20,21)17-9-11-6-7-18(10-11)15(19)13-5-4-12(22-2)8-14(13)16/h3-5,8,11,17H,1,6-7,9-10H2,2H3/t11-/m1/s1. The van der Waals surface area contributed by atoms with E-state index in [9.17, 15) is 17.6 Å². The summed E-state index contributed by atoms with van der Waals surface area (Å²) in [6, 6.07) is 4.09. The Morgan fingerprint density at radius 2 is 2.30 bits per heavy atom. The number of hydrogen-bond donors (Lipinski definition) is 1. The topological polar surface area (TPSA) is 75.7 Å². The van der Waals surface area contributed by atoms with Gasteiger partial charge in [-0.15, -0.1) is 0 Å². The number of benzene rings is 1. The van der Waals surface area contributed by atoms with E-state index in [0.29, 0.717) is 25.3 Å². The largest absolute Gasteiger partial charge is 0.497 e. The molecule has 1 aromatic carbocycles. The Balaban J connectivity index is 1.98. The van der Waals surface area contributed by atoms with Gasteiger partial charge in [-0.1, -0.05) is 6.58 Å². The van der Waals surface area contributed by atoms with E-state index < -0.39 is 21.7 Å². The van der Waals surface area contributed by atoms with E-state index in [2.05, 4.69) is 11.3 Å². The number of carbonyl (C=O) groups excluding carboxylic acids is 1. The van der Waals surface area contributed by atoms with Crippen LogP contribution in [0.1, 0.15) is 16.8 Å². The summed E-state index contributed by atoms with van der Waals surface area (Å²) in [5, 5.41) is 0.845. The molecule has 126 valence electrons. The maximum atomic E-state index is 14.0. The second-order valence-corrected chi connectivity index (χ2v) is 7.02. The summed E-state index contributed by atoms with van der Waals surface area (Å²) in [4.78, 5) is 13.9. The summed E-state index contributed by atoms with van der Waals surface area (Å²) in [5.41, 5.74) is -0.0156. The number of ether oxygens (including phenoxy) is 1. The molecule has 23 heavy (non-hydrogen) atoms. The second-order valence-electron chi connectivity index (χ2n) is 5.31. The van der Waals surface area contributed by atoms with Crippen molar-refractivity contribution in [2.75, 3.05) is 26.7 Å².